The Kier molecular flexibility index (Phi) is 4.42. The number of aromatic carboxylic acids is 1. The Hall–Kier alpha value is -2.57. The lowest BCUT2D eigenvalue weighted by Gasteiger charge is -2.08. The van der Waals surface area contributed by atoms with Gasteiger partial charge < -0.3 is 15.7 Å². The highest BCUT2D eigenvalue weighted by Gasteiger charge is 2.18. The number of imidazole rings is 1. The van der Waals surface area contributed by atoms with E-state index < -0.39 is 5.97 Å². The molecule has 0 saturated heterocycles. The van der Waals surface area contributed by atoms with E-state index in [1.54, 1.807) is 24.4 Å². The molecule has 21 heavy (non-hydrogen) atoms. The van der Waals surface area contributed by atoms with Crippen LogP contribution in [0, 0.1) is 5.92 Å². The van der Waals surface area contributed by atoms with E-state index >= 15 is 0 Å². The molecule has 0 unspecified atom stereocenters. The molecule has 0 atom stereocenters. The van der Waals surface area contributed by atoms with Crippen LogP contribution in [0.1, 0.15) is 24.3 Å². The minimum Gasteiger partial charge on any atom is -0.476 e. The molecule has 0 fully saturated rings. The number of pyridine rings is 1. The van der Waals surface area contributed by atoms with E-state index in [1.807, 2.05) is 13.8 Å². The number of nitrogens with one attached hydrogen (secondary N) is 2. The summed E-state index contributed by atoms with van der Waals surface area (Å²) < 4.78 is 1.47. The predicted octanol–water partition coefficient (Wildman–Crippen LogP) is 1.22. The average Bonchev–Trinajstić information content (AvgIpc) is 2.81. The third-order valence-corrected chi connectivity index (χ3v) is 2.86. The molecule has 0 aromatic carbocycles. The van der Waals surface area contributed by atoms with E-state index in [9.17, 15) is 14.7 Å². The van der Waals surface area contributed by atoms with Crippen molar-refractivity contribution in [3.8, 4) is 0 Å². The summed E-state index contributed by atoms with van der Waals surface area (Å²) in [5.74, 6) is -0.747. The van der Waals surface area contributed by atoms with Crippen molar-refractivity contribution in [1.82, 2.24) is 14.7 Å². The molecule has 7 nitrogen and oxygen atoms in total. The lowest BCUT2D eigenvalue weighted by atomic mass is 10.2. The zero-order valence-electron chi connectivity index (χ0n) is 12.0. The normalized spacial score (nSPS) is 10.8. The van der Waals surface area contributed by atoms with Crippen molar-refractivity contribution in [3.05, 3.63) is 30.1 Å². The van der Waals surface area contributed by atoms with Crippen LogP contribution < -0.4 is 10.6 Å². The second-order valence-electron chi connectivity index (χ2n) is 5.09. The van der Waals surface area contributed by atoms with Crippen LogP contribution in [-0.4, -0.2) is 39.5 Å². The molecule has 2 aromatic rings. The molecule has 0 radical (unpaired) electrons. The quantitative estimate of drug-likeness (QED) is 0.743. The van der Waals surface area contributed by atoms with E-state index in [2.05, 4.69) is 15.6 Å². The molecule has 0 aliphatic heterocycles. The molecule has 0 aliphatic rings. The smallest absolute Gasteiger partial charge is 0.356 e. The number of rotatable bonds is 6. The molecule has 2 aromatic heterocycles. The molecule has 0 bridgehead atoms. The molecule has 3 N–H and O–H groups in total. The van der Waals surface area contributed by atoms with Crippen LogP contribution in [0.5, 0.6) is 0 Å². The Bertz CT molecular complexity index is 663. The van der Waals surface area contributed by atoms with Gasteiger partial charge in [0.15, 0.2) is 11.5 Å². The van der Waals surface area contributed by atoms with E-state index in [4.69, 9.17) is 0 Å². The predicted molar refractivity (Wildman–Crippen MR) is 78.5 cm³/mol. The number of carboxylic acid groups (broad SMARTS) is 1. The van der Waals surface area contributed by atoms with Crippen LogP contribution in [0.25, 0.3) is 5.65 Å². The average molecular weight is 290 g/mol. The Morgan fingerprint density at radius 1 is 1.38 bits per heavy atom. The number of hydrogen-bond acceptors (Lipinski definition) is 4. The number of carboxylic acids is 1. The number of anilines is 1. The summed E-state index contributed by atoms with van der Waals surface area (Å²) in [4.78, 5) is 27.2. The molecular formula is C14H18N4O3. The number of aromatic nitrogens is 2. The molecule has 2 heterocycles. The molecule has 0 saturated carbocycles. The van der Waals surface area contributed by atoms with E-state index in [0.29, 0.717) is 18.1 Å². The lowest BCUT2D eigenvalue weighted by Crippen LogP contribution is -2.32. The number of carbonyl (C=O) groups excluding carboxylic acids is 1. The van der Waals surface area contributed by atoms with Crippen molar-refractivity contribution < 1.29 is 14.7 Å². The van der Waals surface area contributed by atoms with Gasteiger partial charge in [-0.1, -0.05) is 19.9 Å². The largest absolute Gasteiger partial charge is 0.476 e. The van der Waals surface area contributed by atoms with Crippen LogP contribution in [0.4, 0.5) is 5.82 Å². The second kappa shape index (κ2) is 6.25. The molecular weight excluding hydrogens is 272 g/mol. The van der Waals surface area contributed by atoms with Gasteiger partial charge in [0.2, 0.25) is 5.91 Å². The summed E-state index contributed by atoms with van der Waals surface area (Å²) in [7, 11) is 0. The molecule has 7 heteroatoms. The van der Waals surface area contributed by atoms with Crippen molar-refractivity contribution in [2.45, 2.75) is 13.8 Å². The third-order valence-electron chi connectivity index (χ3n) is 2.86. The Labute approximate surface area is 122 Å². The first-order valence-electron chi connectivity index (χ1n) is 6.70. The van der Waals surface area contributed by atoms with Gasteiger partial charge in [-0.25, -0.2) is 9.78 Å². The van der Waals surface area contributed by atoms with Crippen LogP contribution in [0.15, 0.2) is 24.4 Å². The highest BCUT2D eigenvalue weighted by Crippen LogP contribution is 2.17. The number of fused-ring (bicyclic) bond motifs is 1. The summed E-state index contributed by atoms with van der Waals surface area (Å²) in [5.41, 5.74) is 0.530. The zero-order valence-corrected chi connectivity index (χ0v) is 12.0. The fraction of sp³-hybridized carbons (Fsp3) is 0.357. The highest BCUT2D eigenvalue weighted by molar-refractivity contribution is 5.93. The highest BCUT2D eigenvalue weighted by atomic mass is 16.4. The maximum Gasteiger partial charge on any atom is 0.356 e. The lowest BCUT2D eigenvalue weighted by molar-refractivity contribution is -0.119. The first-order valence-corrected chi connectivity index (χ1v) is 6.70. The van der Waals surface area contributed by atoms with E-state index in [0.717, 1.165) is 0 Å². The fourth-order valence-electron chi connectivity index (χ4n) is 1.87. The van der Waals surface area contributed by atoms with Crippen molar-refractivity contribution in [1.29, 1.82) is 0 Å². The summed E-state index contributed by atoms with van der Waals surface area (Å²) in [6, 6.07) is 5.20. The zero-order chi connectivity index (χ0) is 15.4. The molecule has 112 valence electrons. The first kappa shape index (κ1) is 14.8. The van der Waals surface area contributed by atoms with Gasteiger partial charge in [0.25, 0.3) is 0 Å². The molecule has 0 aliphatic carbocycles. The Morgan fingerprint density at radius 3 is 2.81 bits per heavy atom. The maximum atomic E-state index is 11.7. The minimum absolute atomic E-state index is 0.0160. The number of hydrogen-bond donors (Lipinski definition) is 3. The van der Waals surface area contributed by atoms with Crippen LogP contribution >= 0.6 is 0 Å². The van der Waals surface area contributed by atoms with Crippen molar-refractivity contribution in [3.63, 3.8) is 0 Å². The Balaban J connectivity index is 2.13. The van der Waals surface area contributed by atoms with E-state index in [-0.39, 0.29) is 24.0 Å². The van der Waals surface area contributed by atoms with Gasteiger partial charge in [-0.05, 0) is 18.1 Å². The summed E-state index contributed by atoms with van der Waals surface area (Å²) in [6.45, 7) is 4.56. The van der Waals surface area contributed by atoms with Gasteiger partial charge >= 0.3 is 5.97 Å². The van der Waals surface area contributed by atoms with Gasteiger partial charge in [-0.2, -0.15) is 0 Å². The number of amides is 1. The van der Waals surface area contributed by atoms with E-state index in [1.165, 1.54) is 4.40 Å². The monoisotopic (exact) mass is 290 g/mol. The maximum absolute atomic E-state index is 11.7. The van der Waals surface area contributed by atoms with Gasteiger partial charge in [0, 0.05) is 12.7 Å². The summed E-state index contributed by atoms with van der Waals surface area (Å²) >= 11 is 0. The van der Waals surface area contributed by atoms with Gasteiger partial charge in [0.05, 0.1) is 6.54 Å². The Morgan fingerprint density at radius 2 is 2.14 bits per heavy atom. The summed E-state index contributed by atoms with van der Waals surface area (Å²) in [5, 5.41) is 14.8. The standard InChI is InChI=1S/C14H18N4O3/c1-9(2)7-15-11(19)8-16-13-12(14(20)21)18-6-4-3-5-10(18)17-13/h3-6,9,16H,7-8H2,1-2H3,(H,15,19)(H,20,21). The third kappa shape index (κ3) is 3.50. The van der Waals surface area contributed by atoms with Crippen LogP contribution in [0.2, 0.25) is 0 Å². The first-order chi connectivity index (χ1) is 9.99. The van der Waals surface area contributed by atoms with Crippen molar-refractivity contribution in [2.75, 3.05) is 18.4 Å². The SMILES string of the molecule is CC(C)CNC(=O)CNc1nc2ccccn2c1C(=O)O. The minimum atomic E-state index is -1.10. The van der Waals surface area contributed by atoms with Crippen LogP contribution in [-0.2, 0) is 4.79 Å². The van der Waals surface area contributed by atoms with Gasteiger partial charge in [-0.3, -0.25) is 9.20 Å². The molecule has 0 spiro atoms. The number of nitrogens with zero attached hydrogens (tertiary/aromatic N) is 2. The van der Waals surface area contributed by atoms with Crippen molar-refractivity contribution in [2.24, 2.45) is 5.92 Å². The second-order valence-corrected chi connectivity index (χ2v) is 5.09. The topological polar surface area (TPSA) is 95.7 Å². The molecule has 1 amide bonds. The van der Waals surface area contributed by atoms with Crippen LogP contribution in [0.3, 0.4) is 0 Å². The summed E-state index contributed by atoms with van der Waals surface area (Å²) in [6.07, 6.45) is 1.62. The fourth-order valence-corrected chi connectivity index (χ4v) is 1.87. The van der Waals surface area contributed by atoms with Gasteiger partial charge in [0.1, 0.15) is 5.65 Å². The number of carbonyl (C=O) groups is 2. The molecule has 2 rings (SSSR count). The van der Waals surface area contributed by atoms with Crippen molar-refractivity contribution >= 4 is 23.3 Å². The van der Waals surface area contributed by atoms with Gasteiger partial charge in [-0.15, -0.1) is 0 Å².